The van der Waals surface area contributed by atoms with Crippen molar-refractivity contribution in [2.45, 2.75) is 38.8 Å². The van der Waals surface area contributed by atoms with E-state index in [2.05, 4.69) is 43.4 Å². The summed E-state index contributed by atoms with van der Waals surface area (Å²) >= 11 is 0. The Labute approximate surface area is 114 Å². The van der Waals surface area contributed by atoms with Crippen LogP contribution in [0.4, 0.5) is 0 Å². The van der Waals surface area contributed by atoms with Crippen molar-refractivity contribution in [1.82, 2.24) is 5.32 Å². The van der Waals surface area contributed by atoms with Gasteiger partial charge in [-0.3, -0.25) is 0 Å². The van der Waals surface area contributed by atoms with Crippen LogP contribution in [-0.2, 0) is 0 Å². The number of furan rings is 1. The van der Waals surface area contributed by atoms with Crippen LogP contribution in [0.5, 0.6) is 0 Å². The molecule has 0 bridgehead atoms. The highest BCUT2D eigenvalue weighted by molar-refractivity contribution is 5.26. The minimum absolute atomic E-state index is 0.142. The van der Waals surface area contributed by atoms with Crippen LogP contribution >= 0.6 is 0 Å². The highest BCUT2D eigenvalue weighted by Crippen LogP contribution is 2.48. The second-order valence-corrected chi connectivity index (χ2v) is 5.90. The summed E-state index contributed by atoms with van der Waals surface area (Å²) < 4.78 is 5.62. The van der Waals surface area contributed by atoms with Crippen molar-refractivity contribution in [3.63, 3.8) is 0 Å². The first kappa shape index (κ1) is 12.5. The van der Waals surface area contributed by atoms with Gasteiger partial charge in [0.05, 0.1) is 12.3 Å². The molecule has 1 N–H and O–H groups in total. The van der Waals surface area contributed by atoms with Gasteiger partial charge in [-0.15, -0.1) is 0 Å². The number of nitrogens with one attached hydrogen (secondary N) is 1. The first-order valence-corrected chi connectivity index (χ1v) is 7.03. The number of hydrogen-bond donors (Lipinski definition) is 1. The molecule has 2 atom stereocenters. The average Bonchev–Trinajstić information content (AvgIpc) is 2.98. The van der Waals surface area contributed by atoms with Crippen molar-refractivity contribution in [3.05, 3.63) is 60.1 Å². The molecule has 2 unspecified atom stereocenters. The van der Waals surface area contributed by atoms with Gasteiger partial charge in [-0.1, -0.05) is 37.3 Å². The van der Waals surface area contributed by atoms with Crippen molar-refractivity contribution < 1.29 is 4.42 Å². The SMILES string of the molecule is CC(NC(c1ccccc1)c1ccco1)C1(C)CC1. The summed E-state index contributed by atoms with van der Waals surface area (Å²) in [5.41, 5.74) is 1.72. The Hall–Kier alpha value is -1.54. The molecular formula is C17H21NO. The van der Waals surface area contributed by atoms with Crippen LogP contribution in [0.25, 0.3) is 0 Å². The molecule has 0 amide bonds. The van der Waals surface area contributed by atoms with Gasteiger partial charge in [0.1, 0.15) is 5.76 Å². The van der Waals surface area contributed by atoms with E-state index < -0.39 is 0 Å². The van der Waals surface area contributed by atoms with E-state index in [1.54, 1.807) is 6.26 Å². The highest BCUT2D eigenvalue weighted by Gasteiger charge is 2.43. The maximum atomic E-state index is 5.62. The molecular weight excluding hydrogens is 234 g/mol. The summed E-state index contributed by atoms with van der Waals surface area (Å²) in [5.74, 6) is 0.988. The van der Waals surface area contributed by atoms with Gasteiger partial charge >= 0.3 is 0 Å². The summed E-state index contributed by atoms with van der Waals surface area (Å²) in [6.07, 6.45) is 4.39. The summed E-state index contributed by atoms with van der Waals surface area (Å²) in [6, 6.07) is 15.2. The lowest BCUT2D eigenvalue weighted by Gasteiger charge is -2.26. The van der Waals surface area contributed by atoms with Crippen LogP contribution in [0.15, 0.2) is 53.1 Å². The third-order valence-corrected chi connectivity index (χ3v) is 4.46. The molecule has 1 saturated carbocycles. The Kier molecular flexibility index (Phi) is 3.19. The molecule has 1 aliphatic rings. The van der Waals surface area contributed by atoms with Gasteiger partial charge in [-0.2, -0.15) is 0 Å². The monoisotopic (exact) mass is 255 g/mol. The Morgan fingerprint density at radius 3 is 2.42 bits per heavy atom. The van der Waals surface area contributed by atoms with E-state index in [9.17, 15) is 0 Å². The van der Waals surface area contributed by atoms with Crippen molar-refractivity contribution in [2.75, 3.05) is 0 Å². The first-order valence-electron chi connectivity index (χ1n) is 7.03. The molecule has 0 spiro atoms. The Morgan fingerprint density at radius 2 is 1.84 bits per heavy atom. The van der Waals surface area contributed by atoms with Gasteiger partial charge in [0, 0.05) is 6.04 Å². The molecule has 1 fully saturated rings. The average molecular weight is 255 g/mol. The predicted molar refractivity (Wildman–Crippen MR) is 76.9 cm³/mol. The van der Waals surface area contributed by atoms with Crippen LogP contribution in [0.1, 0.15) is 44.1 Å². The molecule has 1 aromatic carbocycles. The van der Waals surface area contributed by atoms with E-state index >= 15 is 0 Å². The van der Waals surface area contributed by atoms with E-state index in [1.807, 2.05) is 18.2 Å². The van der Waals surface area contributed by atoms with Gasteiger partial charge in [-0.25, -0.2) is 0 Å². The topological polar surface area (TPSA) is 25.2 Å². The van der Waals surface area contributed by atoms with Crippen LogP contribution in [0.3, 0.4) is 0 Å². The molecule has 19 heavy (non-hydrogen) atoms. The molecule has 0 aliphatic heterocycles. The van der Waals surface area contributed by atoms with Gasteiger partial charge in [0.2, 0.25) is 0 Å². The van der Waals surface area contributed by atoms with Crippen LogP contribution in [0, 0.1) is 5.41 Å². The molecule has 2 aromatic rings. The second kappa shape index (κ2) is 4.86. The third-order valence-electron chi connectivity index (χ3n) is 4.46. The minimum Gasteiger partial charge on any atom is -0.467 e. The number of benzene rings is 1. The molecule has 1 aromatic heterocycles. The zero-order chi connectivity index (χ0) is 13.3. The standard InChI is InChI=1S/C17H21NO/c1-13(17(2)10-11-17)18-16(15-9-6-12-19-15)14-7-4-3-5-8-14/h3-9,12-13,16,18H,10-11H2,1-2H3. The Balaban J connectivity index is 1.85. The highest BCUT2D eigenvalue weighted by atomic mass is 16.3. The van der Waals surface area contributed by atoms with E-state index in [4.69, 9.17) is 4.42 Å². The Bertz CT molecular complexity index is 513. The summed E-state index contributed by atoms with van der Waals surface area (Å²) in [6.45, 7) is 4.64. The summed E-state index contributed by atoms with van der Waals surface area (Å²) in [7, 11) is 0. The molecule has 1 heterocycles. The molecule has 1 aliphatic carbocycles. The first-order chi connectivity index (χ1) is 9.19. The number of hydrogen-bond acceptors (Lipinski definition) is 2. The largest absolute Gasteiger partial charge is 0.467 e. The van der Waals surface area contributed by atoms with E-state index in [0.29, 0.717) is 11.5 Å². The fourth-order valence-corrected chi connectivity index (χ4v) is 2.53. The normalized spacial score (nSPS) is 19.9. The second-order valence-electron chi connectivity index (χ2n) is 5.90. The lowest BCUT2D eigenvalue weighted by atomic mass is 9.97. The molecule has 0 radical (unpaired) electrons. The zero-order valence-corrected chi connectivity index (χ0v) is 11.6. The fraction of sp³-hybridized carbons (Fsp3) is 0.412. The smallest absolute Gasteiger partial charge is 0.125 e. The molecule has 100 valence electrons. The van der Waals surface area contributed by atoms with Gasteiger partial charge in [0.15, 0.2) is 0 Å². The van der Waals surface area contributed by atoms with Crippen molar-refractivity contribution in [2.24, 2.45) is 5.41 Å². The molecule has 2 nitrogen and oxygen atoms in total. The van der Waals surface area contributed by atoms with Crippen LogP contribution in [0.2, 0.25) is 0 Å². The van der Waals surface area contributed by atoms with E-state index in [1.165, 1.54) is 18.4 Å². The van der Waals surface area contributed by atoms with Crippen molar-refractivity contribution >= 4 is 0 Å². The molecule has 2 heteroatoms. The van der Waals surface area contributed by atoms with Crippen molar-refractivity contribution in [3.8, 4) is 0 Å². The van der Waals surface area contributed by atoms with Crippen LogP contribution in [-0.4, -0.2) is 6.04 Å². The third kappa shape index (κ3) is 2.59. The lowest BCUT2D eigenvalue weighted by molar-refractivity contribution is 0.335. The molecule has 0 saturated heterocycles. The lowest BCUT2D eigenvalue weighted by Crippen LogP contribution is -2.36. The number of rotatable bonds is 5. The Morgan fingerprint density at radius 1 is 1.11 bits per heavy atom. The van der Waals surface area contributed by atoms with Crippen LogP contribution < -0.4 is 5.32 Å². The van der Waals surface area contributed by atoms with Gasteiger partial charge in [-0.05, 0) is 42.9 Å². The van der Waals surface area contributed by atoms with Crippen molar-refractivity contribution in [1.29, 1.82) is 0 Å². The zero-order valence-electron chi connectivity index (χ0n) is 11.6. The molecule has 3 rings (SSSR count). The predicted octanol–water partition coefficient (Wildman–Crippen LogP) is 4.15. The van der Waals surface area contributed by atoms with E-state index in [-0.39, 0.29) is 6.04 Å². The van der Waals surface area contributed by atoms with Gasteiger partial charge < -0.3 is 9.73 Å². The maximum absolute atomic E-state index is 5.62. The van der Waals surface area contributed by atoms with E-state index in [0.717, 1.165) is 5.76 Å². The quantitative estimate of drug-likeness (QED) is 0.868. The van der Waals surface area contributed by atoms with Gasteiger partial charge in [0.25, 0.3) is 0 Å². The maximum Gasteiger partial charge on any atom is 0.125 e. The fourth-order valence-electron chi connectivity index (χ4n) is 2.53. The summed E-state index contributed by atoms with van der Waals surface area (Å²) in [5, 5.41) is 3.74. The minimum atomic E-state index is 0.142. The summed E-state index contributed by atoms with van der Waals surface area (Å²) in [4.78, 5) is 0.